The van der Waals surface area contributed by atoms with Crippen molar-refractivity contribution in [1.29, 1.82) is 0 Å². The summed E-state index contributed by atoms with van der Waals surface area (Å²) in [6, 6.07) is 3.88. The van der Waals surface area contributed by atoms with E-state index < -0.39 is 17.8 Å². The molecule has 3 aromatic rings. The summed E-state index contributed by atoms with van der Waals surface area (Å²) in [7, 11) is 0. The van der Waals surface area contributed by atoms with Gasteiger partial charge in [0.15, 0.2) is 0 Å². The van der Waals surface area contributed by atoms with Crippen molar-refractivity contribution in [2.24, 2.45) is 11.8 Å². The number of anilines is 1. The normalized spacial score (nSPS) is 24.6. The van der Waals surface area contributed by atoms with Crippen molar-refractivity contribution in [2.75, 3.05) is 18.0 Å². The number of carbonyl (C=O) groups is 1. The fourth-order valence-electron chi connectivity index (χ4n) is 5.41. The molecule has 0 radical (unpaired) electrons. The molecule has 4 heterocycles. The van der Waals surface area contributed by atoms with Crippen LogP contribution < -0.4 is 10.2 Å². The summed E-state index contributed by atoms with van der Waals surface area (Å²) >= 11 is 0. The largest absolute Gasteiger partial charge is 0.365 e. The van der Waals surface area contributed by atoms with Crippen LogP contribution in [0.4, 0.5) is 14.6 Å². The van der Waals surface area contributed by atoms with Crippen molar-refractivity contribution >= 4 is 11.7 Å². The zero-order chi connectivity index (χ0) is 22.9. The summed E-state index contributed by atoms with van der Waals surface area (Å²) in [5.41, 5.74) is 5.99. The van der Waals surface area contributed by atoms with Crippen LogP contribution in [0.15, 0.2) is 30.7 Å². The molecule has 3 aliphatic rings. The van der Waals surface area contributed by atoms with Crippen LogP contribution in [-0.4, -0.2) is 44.7 Å². The Morgan fingerprint density at radius 1 is 1.27 bits per heavy atom. The van der Waals surface area contributed by atoms with Crippen LogP contribution in [0.25, 0.3) is 0 Å². The molecule has 2 unspecified atom stereocenters. The first-order valence-corrected chi connectivity index (χ1v) is 11.4. The maximum absolute atomic E-state index is 13.5. The molecule has 1 aliphatic heterocycles. The molecular formula is C24H26F2N6O. The van der Waals surface area contributed by atoms with Crippen molar-refractivity contribution < 1.29 is 13.6 Å². The molecule has 3 aromatic heterocycles. The van der Waals surface area contributed by atoms with Gasteiger partial charge in [-0.15, -0.1) is 0 Å². The Morgan fingerprint density at radius 2 is 2.06 bits per heavy atom. The summed E-state index contributed by atoms with van der Waals surface area (Å²) in [5, 5.41) is 7.48. The second kappa shape index (κ2) is 7.13. The number of nitrogens with zero attached hydrogens (tertiary/aromatic N) is 4. The van der Waals surface area contributed by atoms with E-state index in [1.54, 1.807) is 17.1 Å². The second-order valence-electron chi connectivity index (χ2n) is 9.55. The van der Waals surface area contributed by atoms with Gasteiger partial charge >= 0.3 is 0 Å². The van der Waals surface area contributed by atoms with Gasteiger partial charge in [0.1, 0.15) is 5.82 Å². The number of aromatic nitrogens is 4. The van der Waals surface area contributed by atoms with E-state index in [-0.39, 0.29) is 11.9 Å². The van der Waals surface area contributed by atoms with Crippen molar-refractivity contribution in [3.8, 4) is 0 Å². The second-order valence-corrected chi connectivity index (χ2v) is 9.55. The summed E-state index contributed by atoms with van der Waals surface area (Å²) in [4.78, 5) is 22.6. The standard InChI is InChI=1S/C24H26F2N6O/c1-13-15(3-6-22(29-13)31-11-19-20(12-31)24(19,25)26)9-32-10-16(7-28-32)23(33)30-21-5-4-17-14(2)27-8-18(17)21/h3,6-8,10,19-21,27H,4-5,9,11-12H2,1-2H3,(H,30,33)/t19?,20?,21-/m1/s1. The number of aromatic amines is 1. The number of H-pyrrole nitrogens is 1. The smallest absolute Gasteiger partial charge is 0.258 e. The SMILES string of the molecule is Cc1nc(N2CC3C(C2)C3(F)F)ccc1Cn1cc(C(=O)N[C@@H]2CCc3c2c[nH]c3C)cn1. The van der Waals surface area contributed by atoms with E-state index in [4.69, 9.17) is 0 Å². The molecule has 2 N–H and O–H groups in total. The number of amides is 1. The fraction of sp³-hybridized carbons (Fsp3) is 0.458. The van der Waals surface area contributed by atoms with Gasteiger partial charge in [0.2, 0.25) is 0 Å². The molecule has 3 atom stereocenters. The molecule has 7 nitrogen and oxygen atoms in total. The zero-order valence-corrected chi connectivity index (χ0v) is 18.6. The van der Waals surface area contributed by atoms with E-state index in [1.807, 2.05) is 30.2 Å². The number of carbonyl (C=O) groups excluding carboxylic acids is 1. The first-order valence-electron chi connectivity index (χ1n) is 11.4. The topological polar surface area (TPSA) is 78.8 Å². The van der Waals surface area contributed by atoms with Gasteiger partial charge in [0.05, 0.1) is 36.2 Å². The minimum absolute atomic E-state index is 0.0244. The Kier molecular flexibility index (Phi) is 4.41. The van der Waals surface area contributed by atoms with Crippen LogP contribution in [0, 0.1) is 25.7 Å². The van der Waals surface area contributed by atoms with Gasteiger partial charge in [-0.2, -0.15) is 5.10 Å². The Bertz CT molecular complexity index is 1230. The predicted molar refractivity (Wildman–Crippen MR) is 119 cm³/mol. The summed E-state index contributed by atoms with van der Waals surface area (Å²) in [6.07, 6.45) is 7.20. The van der Waals surface area contributed by atoms with Gasteiger partial charge in [-0.05, 0) is 49.4 Å². The Morgan fingerprint density at radius 3 is 2.82 bits per heavy atom. The molecular weight excluding hydrogens is 426 g/mol. The molecule has 0 spiro atoms. The number of nitrogens with one attached hydrogen (secondary N) is 2. The lowest BCUT2D eigenvalue weighted by atomic mass is 10.1. The van der Waals surface area contributed by atoms with E-state index in [9.17, 15) is 13.6 Å². The number of pyridine rings is 1. The fourth-order valence-corrected chi connectivity index (χ4v) is 5.41. The number of rotatable bonds is 5. The Balaban J connectivity index is 1.10. The van der Waals surface area contributed by atoms with Gasteiger partial charge in [0.25, 0.3) is 11.8 Å². The first-order chi connectivity index (χ1) is 15.8. The lowest BCUT2D eigenvalue weighted by Gasteiger charge is -2.21. The van der Waals surface area contributed by atoms with Crippen molar-refractivity contribution in [3.63, 3.8) is 0 Å². The van der Waals surface area contributed by atoms with Crippen molar-refractivity contribution in [1.82, 2.24) is 25.1 Å². The molecule has 1 amide bonds. The highest BCUT2D eigenvalue weighted by atomic mass is 19.3. The quantitative estimate of drug-likeness (QED) is 0.622. The van der Waals surface area contributed by atoms with E-state index in [2.05, 4.69) is 27.3 Å². The van der Waals surface area contributed by atoms with E-state index in [0.29, 0.717) is 25.2 Å². The zero-order valence-electron chi connectivity index (χ0n) is 18.6. The molecule has 0 bridgehead atoms. The minimum Gasteiger partial charge on any atom is -0.365 e. The van der Waals surface area contributed by atoms with Gasteiger partial charge in [0, 0.05) is 36.9 Å². The summed E-state index contributed by atoms with van der Waals surface area (Å²) in [5.74, 6) is -2.92. The monoisotopic (exact) mass is 452 g/mol. The Labute approximate surface area is 190 Å². The minimum atomic E-state index is -2.49. The maximum atomic E-state index is 13.5. The van der Waals surface area contributed by atoms with Crippen LogP contribution in [-0.2, 0) is 13.0 Å². The molecule has 1 saturated carbocycles. The van der Waals surface area contributed by atoms with Crippen molar-refractivity contribution in [2.45, 2.75) is 45.2 Å². The number of fused-ring (bicyclic) bond motifs is 2. The molecule has 0 aromatic carbocycles. The maximum Gasteiger partial charge on any atom is 0.258 e. The number of hydrogen-bond donors (Lipinski definition) is 2. The van der Waals surface area contributed by atoms with E-state index in [1.165, 1.54) is 16.8 Å². The molecule has 2 aliphatic carbocycles. The van der Waals surface area contributed by atoms with Gasteiger partial charge in [-0.3, -0.25) is 9.48 Å². The number of alkyl halides is 2. The van der Waals surface area contributed by atoms with Gasteiger partial charge in [-0.25, -0.2) is 13.8 Å². The summed E-state index contributed by atoms with van der Waals surface area (Å²) in [6.45, 7) is 5.19. The molecule has 33 heavy (non-hydrogen) atoms. The third-order valence-electron chi connectivity index (χ3n) is 7.54. The summed E-state index contributed by atoms with van der Waals surface area (Å²) < 4.78 is 28.7. The van der Waals surface area contributed by atoms with Crippen molar-refractivity contribution in [3.05, 3.63) is 64.4 Å². The van der Waals surface area contributed by atoms with E-state index >= 15 is 0 Å². The van der Waals surface area contributed by atoms with E-state index in [0.717, 1.165) is 29.9 Å². The highest BCUT2D eigenvalue weighted by molar-refractivity contribution is 5.94. The number of hydrogen-bond acceptors (Lipinski definition) is 4. The molecule has 2 fully saturated rings. The average molecular weight is 453 g/mol. The Hall–Kier alpha value is -3.23. The number of piperidine rings is 1. The lowest BCUT2D eigenvalue weighted by Crippen LogP contribution is -2.28. The van der Waals surface area contributed by atoms with Gasteiger partial charge < -0.3 is 15.2 Å². The molecule has 172 valence electrons. The molecule has 6 rings (SSSR count). The highest BCUT2D eigenvalue weighted by Crippen LogP contribution is 2.59. The average Bonchev–Trinajstić information content (AvgIpc) is 3.41. The van der Waals surface area contributed by atoms with Crippen LogP contribution in [0.5, 0.6) is 0 Å². The molecule has 9 heteroatoms. The lowest BCUT2D eigenvalue weighted by molar-refractivity contribution is 0.0796. The molecule has 1 saturated heterocycles. The number of halogens is 2. The highest BCUT2D eigenvalue weighted by Gasteiger charge is 2.71. The van der Waals surface area contributed by atoms with Crippen LogP contribution in [0.3, 0.4) is 0 Å². The van der Waals surface area contributed by atoms with Crippen LogP contribution >= 0.6 is 0 Å². The number of aryl methyl sites for hydroxylation is 2. The van der Waals surface area contributed by atoms with Gasteiger partial charge in [-0.1, -0.05) is 6.07 Å². The van der Waals surface area contributed by atoms with Crippen LogP contribution in [0.2, 0.25) is 0 Å². The third kappa shape index (κ3) is 3.32. The predicted octanol–water partition coefficient (Wildman–Crippen LogP) is 3.39. The van der Waals surface area contributed by atoms with Crippen LogP contribution in [0.1, 0.15) is 50.9 Å². The third-order valence-corrected chi connectivity index (χ3v) is 7.54. The first kappa shape index (κ1) is 20.4.